The van der Waals surface area contributed by atoms with Gasteiger partial charge in [-0.3, -0.25) is 19.6 Å². The van der Waals surface area contributed by atoms with Gasteiger partial charge in [-0.1, -0.05) is 32.9 Å². The van der Waals surface area contributed by atoms with Crippen molar-refractivity contribution in [2.45, 2.75) is 90.1 Å². The summed E-state index contributed by atoms with van der Waals surface area (Å²) >= 11 is 0. The Morgan fingerprint density at radius 2 is 1.88 bits per heavy atom. The van der Waals surface area contributed by atoms with E-state index in [1.807, 2.05) is 17.9 Å². The van der Waals surface area contributed by atoms with E-state index in [0.717, 1.165) is 55.4 Å². The number of pyridine rings is 1. The maximum Gasteiger partial charge on any atom is 0.241 e. The zero-order valence-corrected chi connectivity index (χ0v) is 26.1. The molecule has 9 heteroatoms. The van der Waals surface area contributed by atoms with E-state index < -0.39 is 6.10 Å². The number of aromatic nitrogens is 1. The lowest BCUT2D eigenvalue weighted by Crippen LogP contribution is -2.63. The van der Waals surface area contributed by atoms with Crippen molar-refractivity contribution in [2.75, 3.05) is 50.8 Å². The molecule has 0 saturated carbocycles. The Kier molecular flexibility index (Phi) is 9.35. The number of anilines is 1. The summed E-state index contributed by atoms with van der Waals surface area (Å²) in [5, 5.41) is 14.6. The molecule has 0 bridgehead atoms. The number of nitrogens with one attached hydrogen (secondary N) is 1. The van der Waals surface area contributed by atoms with Crippen LogP contribution in [0.25, 0.3) is 0 Å². The van der Waals surface area contributed by atoms with Crippen LogP contribution in [0.3, 0.4) is 0 Å². The van der Waals surface area contributed by atoms with Gasteiger partial charge in [0.1, 0.15) is 5.82 Å². The SMILES string of the molecule is CCC(O)c1nc2c(cc1Cc1ccc(F)cc1)N(C(=O)CN1C[C@@H](C)NC[C@@H]1CN1[C@H](C)COC[C@H]1C)CC2(C)C. The van der Waals surface area contributed by atoms with Crippen molar-refractivity contribution in [1.29, 1.82) is 0 Å². The number of amides is 1. The van der Waals surface area contributed by atoms with E-state index >= 15 is 0 Å². The highest BCUT2D eigenvalue weighted by Gasteiger charge is 2.42. The summed E-state index contributed by atoms with van der Waals surface area (Å²) in [4.78, 5) is 25.9. The predicted octanol–water partition coefficient (Wildman–Crippen LogP) is 3.65. The minimum absolute atomic E-state index is 0.0716. The molecule has 1 amide bonds. The van der Waals surface area contributed by atoms with Crippen molar-refractivity contribution >= 4 is 11.6 Å². The first kappa shape index (κ1) is 31.0. The zero-order chi connectivity index (χ0) is 30.2. The topological polar surface area (TPSA) is 81.2 Å². The average molecular weight is 582 g/mol. The Labute approximate surface area is 250 Å². The number of ether oxygens (including phenoxy) is 1. The number of aliphatic hydroxyl groups excluding tert-OH is 1. The monoisotopic (exact) mass is 581 g/mol. The number of hydrogen-bond acceptors (Lipinski definition) is 7. The van der Waals surface area contributed by atoms with Gasteiger partial charge in [-0.15, -0.1) is 0 Å². The maximum atomic E-state index is 14.1. The van der Waals surface area contributed by atoms with Crippen molar-refractivity contribution in [3.05, 3.63) is 58.7 Å². The van der Waals surface area contributed by atoms with E-state index in [-0.39, 0.29) is 23.2 Å². The Bertz CT molecular complexity index is 1240. The third-order valence-electron chi connectivity index (χ3n) is 9.25. The van der Waals surface area contributed by atoms with Crippen LogP contribution in [0.4, 0.5) is 10.1 Å². The first-order valence-electron chi connectivity index (χ1n) is 15.5. The number of piperazine rings is 1. The Balaban J connectivity index is 1.41. The largest absolute Gasteiger partial charge is 0.387 e. The van der Waals surface area contributed by atoms with Crippen LogP contribution in [0.2, 0.25) is 0 Å². The smallest absolute Gasteiger partial charge is 0.241 e. The molecule has 2 saturated heterocycles. The minimum atomic E-state index is -0.709. The molecular formula is C33H48FN5O3. The number of benzene rings is 1. The zero-order valence-electron chi connectivity index (χ0n) is 26.1. The number of carbonyl (C=O) groups excluding carboxylic acids is 1. The molecular weight excluding hydrogens is 533 g/mol. The van der Waals surface area contributed by atoms with Crippen LogP contribution in [-0.2, 0) is 21.4 Å². The molecule has 0 spiro atoms. The van der Waals surface area contributed by atoms with E-state index in [2.05, 4.69) is 49.7 Å². The molecule has 3 aliphatic heterocycles. The second kappa shape index (κ2) is 12.7. The van der Waals surface area contributed by atoms with Gasteiger partial charge in [-0.05, 0) is 62.9 Å². The van der Waals surface area contributed by atoms with E-state index in [1.54, 1.807) is 12.1 Å². The molecule has 42 heavy (non-hydrogen) atoms. The van der Waals surface area contributed by atoms with Crippen molar-refractivity contribution in [1.82, 2.24) is 20.1 Å². The van der Waals surface area contributed by atoms with Crippen LogP contribution in [-0.4, -0.2) is 95.9 Å². The molecule has 1 aromatic heterocycles. The Morgan fingerprint density at radius 3 is 2.55 bits per heavy atom. The summed E-state index contributed by atoms with van der Waals surface area (Å²) in [5.74, 6) is -0.210. The highest BCUT2D eigenvalue weighted by molar-refractivity contribution is 5.97. The van der Waals surface area contributed by atoms with Gasteiger partial charge in [-0.2, -0.15) is 0 Å². The average Bonchev–Trinajstić information content (AvgIpc) is 3.22. The van der Waals surface area contributed by atoms with Crippen molar-refractivity contribution in [2.24, 2.45) is 0 Å². The molecule has 5 atom stereocenters. The molecule has 4 heterocycles. The third kappa shape index (κ3) is 6.55. The standard InChI is InChI=1S/C33H48FN5O3/c1-7-29(40)31-25(12-24-8-10-26(34)11-9-24)13-28-32(36-31)33(5,6)20-39(28)30(41)17-37-15-21(2)35-14-27(37)16-38-22(3)18-42-19-23(38)4/h8-11,13,21-23,27,29,35,40H,7,12,14-20H2,1-6H3/t21-,22-,23-,27-,29?/m1/s1. The van der Waals surface area contributed by atoms with Gasteiger partial charge in [0, 0.05) is 55.8 Å². The van der Waals surface area contributed by atoms with Gasteiger partial charge in [0.2, 0.25) is 5.91 Å². The molecule has 1 aromatic carbocycles. The molecule has 8 nitrogen and oxygen atoms in total. The number of carbonyl (C=O) groups is 1. The number of halogens is 1. The van der Waals surface area contributed by atoms with Gasteiger partial charge >= 0.3 is 0 Å². The summed E-state index contributed by atoms with van der Waals surface area (Å²) < 4.78 is 19.3. The fourth-order valence-electron chi connectivity index (χ4n) is 6.79. The molecule has 5 rings (SSSR count). The van der Waals surface area contributed by atoms with Crippen LogP contribution in [0.1, 0.15) is 76.6 Å². The number of hydrogen-bond donors (Lipinski definition) is 2. The normalized spacial score (nSPS) is 27.2. The van der Waals surface area contributed by atoms with Crippen LogP contribution in [0.15, 0.2) is 30.3 Å². The van der Waals surface area contributed by atoms with Gasteiger partial charge in [0.15, 0.2) is 0 Å². The van der Waals surface area contributed by atoms with Crippen LogP contribution < -0.4 is 10.2 Å². The molecule has 230 valence electrons. The van der Waals surface area contributed by atoms with Crippen molar-refractivity contribution in [3.8, 4) is 0 Å². The number of nitrogens with zero attached hydrogens (tertiary/aromatic N) is 4. The van der Waals surface area contributed by atoms with Crippen LogP contribution >= 0.6 is 0 Å². The fraction of sp³-hybridized carbons (Fsp3) is 0.636. The minimum Gasteiger partial charge on any atom is -0.387 e. The van der Waals surface area contributed by atoms with Gasteiger partial charge < -0.3 is 20.1 Å². The van der Waals surface area contributed by atoms with E-state index in [0.29, 0.717) is 49.8 Å². The molecule has 1 unspecified atom stereocenters. The lowest BCUT2D eigenvalue weighted by atomic mass is 9.89. The molecule has 2 N–H and O–H groups in total. The highest BCUT2D eigenvalue weighted by Crippen LogP contribution is 2.42. The lowest BCUT2D eigenvalue weighted by Gasteiger charge is -2.46. The van der Waals surface area contributed by atoms with Crippen molar-refractivity contribution in [3.63, 3.8) is 0 Å². The first-order valence-corrected chi connectivity index (χ1v) is 15.5. The van der Waals surface area contributed by atoms with E-state index in [1.165, 1.54) is 12.1 Å². The summed E-state index contributed by atoms with van der Waals surface area (Å²) in [5.41, 5.74) is 3.77. The first-order chi connectivity index (χ1) is 20.0. The van der Waals surface area contributed by atoms with Gasteiger partial charge in [0.05, 0.1) is 42.9 Å². The van der Waals surface area contributed by atoms with E-state index in [9.17, 15) is 14.3 Å². The molecule has 3 aliphatic rings. The summed E-state index contributed by atoms with van der Waals surface area (Å²) in [6.07, 6.45) is 0.330. The van der Waals surface area contributed by atoms with Crippen molar-refractivity contribution < 1.29 is 19.0 Å². The Morgan fingerprint density at radius 1 is 1.19 bits per heavy atom. The molecule has 0 radical (unpaired) electrons. The molecule has 2 aromatic rings. The fourth-order valence-corrected chi connectivity index (χ4v) is 6.79. The number of morpholine rings is 1. The summed E-state index contributed by atoms with van der Waals surface area (Å²) in [7, 11) is 0. The summed E-state index contributed by atoms with van der Waals surface area (Å²) in [6.45, 7) is 17.7. The van der Waals surface area contributed by atoms with E-state index in [4.69, 9.17) is 9.72 Å². The third-order valence-corrected chi connectivity index (χ3v) is 9.25. The second-order valence-electron chi connectivity index (χ2n) is 13.3. The maximum absolute atomic E-state index is 14.1. The number of aliphatic hydroxyl groups is 1. The van der Waals surface area contributed by atoms with Gasteiger partial charge in [0.25, 0.3) is 0 Å². The number of fused-ring (bicyclic) bond motifs is 1. The quantitative estimate of drug-likeness (QED) is 0.493. The molecule has 2 fully saturated rings. The van der Waals surface area contributed by atoms with Gasteiger partial charge in [-0.25, -0.2) is 4.39 Å². The number of rotatable bonds is 8. The van der Waals surface area contributed by atoms with Crippen LogP contribution in [0.5, 0.6) is 0 Å². The second-order valence-corrected chi connectivity index (χ2v) is 13.3. The predicted molar refractivity (Wildman–Crippen MR) is 163 cm³/mol. The summed E-state index contributed by atoms with van der Waals surface area (Å²) in [6, 6.07) is 9.68. The van der Waals surface area contributed by atoms with Crippen LogP contribution in [0, 0.1) is 5.82 Å². The lowest BCUT2D eigenvalue weighted by molar-refractivity contribution is -0.121. The molecule has 0 aliphatic carbocycles. The highest BCUT2D eigenvalue weighted by atomic mass is 19.1. The Hall–Kier alpha value is -2.43.